The summed E-state index contributed by atoms with van der Waals surface area (Å²) in [7, 11) is 0. The molecule has 2 N–H and O–H groups in total. The molecule has 3 aromatic rings. The van der Waals surface area contributed by atoms with E-state index in [1.165, 1.54) is 12.8 Å². The van der Waals surface area contributed by atoms with E-state index in [1.54, 1.807) is 11.8 Å². The number of nitrogens with one attached hydrogen (secondary N) is 2. The molecule has 2 saturated heterocycles. The number of nitrogens with zero attached hydrogens (tertiary/aromatic N) is 2. The third-order valence-electron chi connectivity index (χ3n) is 8.83. The summed E-state index contributed by atoms with van der Waals surface area (Å²) < 4.78 is 0. The second-order valence-corrected chi connectivity index (χ2v) is 13.4. The molecule has 0 bridgehead atoms. The van der Waals surface area contributed by atoms with Gasteiger partial charge < -0.3 is 20.1 Å². The van der Waals surface area contributed by atoms with Gasteiger partial charge in [0.2, 0.25) is 5.91 Å². The van der Waals surface area contributed by atoms with Crippen LogP contribution in [0, 0.1) is 13.8 Å². The highest BCUT2D eigenvalue weighted by molar-refractivity contribution is 7.98. The molecule has 9 heteroatoms. The van der Waals surface area contributed by atoms with Crippen molar-refractivity contribution in [2.24, 2.45) is 0 Å². The van der Waals surface area contributed by atoms with Crippen LogP contribution in [0.3, 0.4) is 0 Å². The maximum absolute atomic E-state index is 13.5. The Hall–Kier alpha value is -2.71. The summed E-state index contributed by atoms with van der Waals surface area (Å²) in [6.07, 6.45) is 6.99. The van der Waals surface area contributed by atoms with Crippen molar-refractivity contribution in [3.63, 3.8) is 0 Å². The molecular formula is C33H36Cl2N4O2S. The smallest absolute Gasteiger partial charge is 0.256 e. The number of benzene rings is 2. The van der Waals surface area contributed by atoms with Gasteiger partial charge in [-0.2, -0.15) is 0 Å². The van der Waals surface area contributed by atoms with Crippen molar-refractivity contribution in [1.82, 2.24) is 14.8 Å². The number of rotatable bonds is 8. The number of fused-ring (bicyclic) bond motifs is 1. The van der Waals surface area contributed by atoms with E-state index in [0.29, 0.717) is 33.8 Å². The Kier molecular flexibility index (Phi) is 8.73. The molecular weight excluding hydrogens is 587 g/mol. The number of thioether (sulfide) groups is 1. The van der Waals surface area contributed by atoms with Gasteiger partial charge >= 0.3 is 0 Å². The standard InChI is InChI=1S/C33H36Cl2N4O2S/c1-20-24(17-32(40)39-14-6-7-22(39)18-38-12-3-4-13-38)21(2)36-31(20)16-26-25-15-23(10-11-30(25)37-33(26)41)42-19-27-28(34)8-5-9-29(27)35/h5,8-11,15-16,22,36H,3-4,6-7,12-14,17-19H2,1-2H3,(H,37,41)/b26-16-/t22-/m0/s1. The number of H-pyrrole nitrogens is 1. The minimum atomic E-state index is -0.132. The van der Waals surface area contributed by atoms with E-state index in [0.717, 1.165) is 83.2 Å². The minimum Gasteiger partial charge on any atom is -0.359 e. The summed E-state index contributed by atoms with van der Waals surface area (Å²) in [6, 6.07) is 11.8. The van der Waals surface area contributed by atoms with Crippen molar-refractivity contribution in [3.8, 4) is 0 Å². The van der Waals surface area contributed by atoms with E-state index in [-0.39, 0.29) is 11.8 Å². The van der Waals surface area contributed by atoms with Crippen LogP contribution in [0.2, 0.25) is 10.0 Å². The molecule has 220 valence electrons. The number of aromatic amines is 1. The van der Waals surface area contributed by atoms with E-state index in [4.69, 9.17) is 23.2 Å². The fourth-order valence-electron chi connectivity index (χ4n) is 6.46. The zero-order valence-corrected chi connectivity index (χ0v) is 26.4. The summed E-state index contributed by atoms with van der Waals surface area (Å²) >= 11 is 14.4. The Morgan fingerprint density at radius 3 is 2.57 bits per heavy atom. The number of carbonyl (C=O) groups excluding carboxylic acids is 2. The first-order chi connectivity index (χ1) is 20.3. The lowest BCUT2D eigenvalue weighted by molar-refractivity contribution is -0.131. The van der Waals surface area contributed by atoms with Gasteiger partial charge in [-0.3, -0.25) is 9.59 Å². The molecule has 0 saturated carbocycles. The maximum Gasteiger partial charge on any atom is 0.256 e. The van der Waals surface area contributed by atoms with Crippen LogP contribution >= 0.6 is 35.0 Å². The number of hydrogen-bond donors (Lipinski definition) is 2. The highest BCUT2D eigenvalue weighted by Gasteiger charge is 2.32. The molecule has 6 nitrogen and oxygen atoms in total. The molecule has 0 spiro atoms. The quantitative estimate of drug-likeness (QED) is 0.203. The van der Waals surface area contributed by atoms with Crippen LogP contribution < -0.4 is 5.32 Å². The number of likely N-dealkylation sites (tertiary alicyclic amines) is 2. The maximum atomic E-state index is 13.5. The Balaban J connectivity index is 1.19. The van der Waals surface area contributed by atoms with Gasteiger partial charge in [-0.25, -0.2) is 0 Å². The number of amides is 2. The van der Waals surface area contributed by atoms with Crippen LogP contribution in [0.4, 0.5) is 5.69 Å². The van der Waals surface area contributed by atoms with Gasteiger partial charge in [0, 0.05) is 62.5 Å². The normalized spacial score (nSPS) is 19.6. The van der Waals surface area contributed by atoms with Crippen molar-refractivity contribution >= 4 is 64.1 Å². The van der Waals surface area contributed by atoms with Gasteiger partial charge in [0.25, 0.3) is 5.91 Å². The number of aromatic nitrogens is 1. The largest absolute Gasteiger partial charge is 0.359 e. The average Bonchev–Trinajstić information content (AvgIpc) is 3.75. The van der Waals surface area contributed by atoms with E-state index in [1.807, 2.05) is 56.3 Å². The van der Waals surface area contributed by atoms with Gasteiger partial charge in [0.1, 0.15) is 0 Å². The molecule has 1 aromatic heterocycles. The number of halogens is 2. The lowest BCUT2D eigenvalue weighted by atomic mass is 10.0. The summed E-state index contributed by atoms with van der Waals surface area (Å²) in [6.45, 7) is 8.20. The monoisotopic (exact) mass is 622 g/mol. The highest BCUT2D eigenvalue weighted by Crippen LogP contribution is 2.38. The predicted molar refractivity (Wildman–Crippen MR) is 173 cm³/mol. The van der Waals surface area contributed by atoms with Gasteiger partial charge in [0.05, 0.1) is 12.0 Å². The molecule has 3 aliphatic rings. The Morgan fingerprint density at radius 1 is 1.05 bits per heavy atom. The van der Waals surface area contributed by atoms with Crippen molar-refractivity contribution in [3.05, 3.63) is 80.1 Å². The summed E-state index contributed by atoms with van der Waals surface area (Å²) in [5, 5.41) is 4.29. The number of aryl methyl sites for hydroxylation is 1. The second kappa shape index (κ2) is 12.5. The third-order valence-corrected chi connectivity index (χ3v) is 10.6. The van der Waals surface area contributed by atoms with E-state index in [2.05, 4.69) is 20.1 Å². The fourth-order valence-corrected chi connectivity index (χ4v) is 8.14. The topological polar surface area (TPSA) is 68.4 Å². The molecule has 2 fully saturated rings. The first-order valence-corrected chi connectivity index (χ1v) is 16.5. The molecule has 2 amide bonds. The van der Waals surface area contributed by atoms with Crippen molar-refractivity contribution in [2.75, 3.05) is 31.5 Å². The van der Waals surface area contributed by atoms with Gasteiger partial charge in [-0.05, 0) is 106 Å². The Labute approximate surface area is 261 Å². The zero-order valence-electron chi connectivity index (χ0n) is 24.1. The van der Waals surface area contributed by atoms with Crippen LogP contribution in [0.25, 0.3) is 11.6 Å². The van der Waals surface area contributed by atoms with Crippen LogP contribution in [0.1, 0.15) is 59.3 Å². The Morgan fingerprint density at radius 2 is 1.81 bits per heavy atom. The van der Waals surface area contributed by atoms with E-state index in [9.17, 15) is 9.59 Å². The number of anilines is 1. The molecule has 4 heterocycles. The van der Waals surface area contributed by atoms with E-state index < -0.39 is 0 Å². The lowest BCUT2D eigenvalue weighted by Gasteiger charge is -2.28. The average molecular weight is 624 g/mol. The fraction of sp³-hybridized carbons (Fsp3) is 0.394. The molecule has 3 aliphatic heterocycles. The second-order valence-electron chi connectivity index (χ2n) is 11.5. The van der Waals surface area contributed by atoms with Crippen LogP contribution in [0.5, 0.6) is 0 Å². The minimum absolute atomic E-state index is 0.132. The zero-order chi connectivity index (χ0) is 29.4. The first-order valence-electron chi connectivity index (χ1n) is 14.7. The van der Waals surface area contributed by atoms with Gasteiger partial charge in [0.15, 0.2) is 0 Å². The van der Waals surface area contributed by atoms with Crippen molar-refractivity contribution in [1.29, 1.82) is 0 Å². The molecule has 0 aliphatic carbocycles. The summed E-state index contributed by atoms with van der Waals surface area (Å²) in [5.41, 5.74) is 7.04. The van der Waals surface area contributed by atoms with E-state index >= 15 is 0 Å². The predicted octanol–water partition coefficient (Wildman–Crippen LogP) is 7.35. The molecule has 2 aromatic carbocycles. The Bertz CT molecular complexity index is 1540. The summed E-state index contributed by atoms with van der Waals surface area (Å²) in [5.74, 6) is 0.692. The molecule has 0 radical (unpaired) electrons. The van der Waals surface area contributed by atoms with Crippen LogP contribution in [-0.2, 0) is 21.8 Å². The van der Waals surface area contributed by atoms with Crippen molar-refractivity contribution < 1.29 is 9.59 Å². The summed E-state index contributed by atoms with van der Waals surface area (Å²) in [4.78, 5) is 35.7. The number of hydrogen-bond acceptors (Lipinski definition) is 4. The van der Waals surface area contributed by atoms with Crippen LogP contribution in [0.15, 0.2) is 41.3 Å². The lowest BCUT2D eigenvalue weighted by Crippen LogP contribution is -2.43. The van der Waals surface area contributed by atoms with Crippen molar-refractivity contribution in [2.45, 2.75) is 62.6 Å². The van der Waals surface area contributed by atoms with Gasteiger partial charge in [-0.1, -0.05) is 29.3 Å². The van der Waals surface area contributed by atoms with Crippen LogP contribution in [-0.4, -0.2) is 58.8 Å². The highest BCUT2D eigenvalue weighted by atomic mass is 35.5. The third kappa shape index (κ3) is 6.02. The van der Waals surface area contributed by atoms with Gasteiger partial charge in [-0.15, -0.1) is 11.8 Å². The molecule has 0 unspecified atom stereocenters. The molecule has 1 atom stereocenters. The number of carbonyl (C=O) groups is 2. The molecule has 42 heavy (non-hydrogen) atoms. The molecule has 6 rings (SSSR count). The first kappa shape index (κ1) is 29.4. The SMILES string of the molecule is Cc1[nH]c(/C=C2\C(=O)Nc3ccc(SCc4c(Cl)cccc4Cl)cc32)c(C)c1CC(=O)N1CCC[C@H]1CN1CCCC1.